The summed E-state index contributed by atoms with van der Waals surface area (Å²) >= 11 is 0. The average molecular weight is 344 g/mol. The predicted molar refractivity (Wildman–Crippen MR) is 98.0 cm³/mol. The van der Waals surface area contributed by atoms with E-state index in [2.05, 4.69) is 23.6 Å². The van der Waals surface area contributed by atoms with Crippen molar-refractivity contribution in [3.05, 3.63) is 35.9 Å². The van der Waals surface area contributed by atoms with Crippen LogP contribution in [0.25, 0.3) is 0 Å². The van der Waals surface area contributed by atoms with Gasteiger partial charge in [-0.1, -0.05) is 18.2 Å². The van der Waals surface area contributed by atoms with Crippen molar-refractivity contribution in [2.45, 2.75) is 32.7 Å². The second kappa shape index (κ2) is 7.91. The summed E-state index contributed by atoms with van der Waals surface area (Å²) in [7, 11) is 0. The third kappa shape index (κ3) is 4.15. The van der Waals surface area contributed by atoms with E-state index in [0.29, 0.717) is 32.8 Å². The lowest BCUT2D eigenvalue weighted by Crippen LogP contribution is -2.40. The number of nitrogens with zero attached hydrogens (tertiary/aromatic N) is 2. The normalized spacial score (nSPS) is 19.7. The molecule has 0 aromatic heterocycles. The molecule has 0 saturated carbocycles. The van der Waals surface area contributed by atoms with Gasteiger partial charge >= 0.3 is 0 Å². The van der Waals surface area contributed by atoms with Crippen LogP contribution in [0.15, 0.2) is 30.4 Å². The van der Waals surface area contributed by atoms with Gasteiger partial charge < -0.3 is 14.4 Å². The Morgan fingerprint density at radius 1 is 1.32 bits per heavy atom. The van der Waals surface area contributed by atoms with Crippen molar-refractivity contribution in [2.24, 2.45) is 0 Å². The fourth-order valence-corrected chi connectivity index (χ4v) is 3.64. The summed E-state index contributed by atoms with van der Waals surface area (Å²) in [5.41, 5.74) is 2.22. The fraction of sp³-hybridized carbons (Fsp3) is 0.550. The Labute approximate surface area is 150 Å². The van der Waals surface area contributed by atoms with Crippen LogP contribution in [-0.2, 0) is 4.79 Å². The van der Waals surface area contributed by atoms with Crippen LogP contribution < -0.4 is 9.47 Å². The number of benzene rings is 1. The van der Waals surface area contributed by atoms with Crippen molar-refractivity contribution in [3.8, 4) is 11.5 Å². The Morgan fingerprint density at radius 2 is 2.08 bits per heavy atom. The molecule has 1 saturated heterocycles. The van der Waals surface area contributed by atoms with Crippen LogP contribution in [0.4, 0.5) is 0 Å². The maximum Gasteiger partial charge on any atom is 0.237 e. The van der Waals surface area contributed by atoms with Crippen LogP contribution in [0.3, 0.4) is 0 Å². The number of hydrogen-bond acceptors (Lipinski definition) is 4. The smallest absolute Gasteiger partial charge is 0.237 e. The standard InChI is InChI=1S/C20H28N2O3/c1-4-21(13-15(2)3)20(23)14-22-9-5-6-17(22)16-7-8-18-19(12-16)25-11-10-24-18/h7-8,12,17H,2,4-6,9-11,13-14H2,1,3H3. The molecule has 0 bridgehead atoms. The highest BCUT2D eigenvalue weighted by Gasteiger charge is 2.29. The molecule has 1 fully saturated rings. The number of likely N-dealkylation sites (N-methyl/N-ethyl adjacent to an activating group) is 1. The molecule has 1 unspecified atom stereocenters. The highest BCUT2D eigenvalue weighted by molar-refractivity contribution is 5.78. The van der Waals surface area contributed by atoms with Gasteiger partial charge in [0.15, 0.2) is 11.5 Å². The van der Waals surface area contributed by atoms with Crippen LogP contribution >= 0.6 is 0 Å². The number of fused-ring (bicyclic) bond motifs is 1. The number of likely N-dealkylation sites (tertiary alicyclic amines) is 1. The van der Waals surface area contributed by atoms with Gasteiger partial charge in [-0.3, -0.25) is 9.69 Å². The van der Waals surface area contributed by atoms with Crippen LogP contribution in [0.2, 0.25) is 0 Å². The van der Waals surface area contributed by atoms with Crippen molar-refractivity contribution in [2.75, 3.05) is 39.4 Å². The first-order chi connectivity index (χ1) is 12.1. The zero-order valence-electron chi connectivity index (χ0n) is 15.3. The zero-order valence-corrected chi connectivity index (χ0v) is 15.3. The largest absolute Gasteiger partial charge is 0.486 e. The van der Waals surface area contributed by atoms with E-state index in [0.717, 1.165) is 36.5 Å². The molecule has 136 valence electrons. The molecule has 25 heavy (non-hydrogen) atoms. The van der Waals surface area contributed by atoms with E-state index in [4.69, 9.17) is 9.47 Å². The summed E-state index contributed by atoms with van der Waals surface area (Å²) in [5.74, 6) is 1.81. The number of hydrogen-bond donors (Lipinski definition) is 0. The third-order valence-corrected chi connectivity index (χ3v) is 4.85. The van der Waals surface area contributed by atoms with Crippen LogP contribution in [0.5, 0.6) is 11.5 Å². The molecule has 1 amide bonds. The van der Waals surface area contributed by atoms with Gasteiger partial charge in [-0.15, -0.1) is 0 Å². The highest BCUT2D eigenvalue weighted by atomic mass is 16.6. The highest BCUT2D eigenvalue weighted by Crippen LogP contribution is 2.37. The summed E-state index contributed by atoms with van der Waals surface area (Å²) in [6.45, 7) is 11.9. The van der Waals surface area contributed by atoms with E-state index in [1.54, 1.807) is 0 Å². The molecule has 5 heteroatoms. The maximum absolute atomic E-state index is 12.7. The summed E-state index contributed by atoms with van der Waals surface area (Å²) in [6.07, 6.45) is 2.18. The van der Waals surface area contributed by atoms with E-state index >= 15 is 0 Å². The summed E-state index contributed by atoms with van der Waals surface area (Å²) in [6, 6.07) is 6.44. The van der Waals surface area contributed by atoms with Gasteiger partial charge in [0.05, 0.1) is 6.54 Å². The van der Waals surface area contributed by atoms with E-state index in [1.807, 2.05) is 24.8 Å². The average Bonchev–Trinajstić information content (AvgIpc) is 3.07. The second-order valence-electron chi connectivity index (χ2n) is 6.90. The first kappa shape index (κ1) is 17.8. The van der Waals surface area contributed by atoms with Gasteiger partial charge in [0.1, 0.15) is 13.2 Å². The zero-order chi connectivity index (χ0) is 17.8. The molecule has 1 atom stereocenters. The lowest BCUT2D eigenvalue weighted by molar-refractivity contribution is -0.132. The lowest BCUT2D eigenvalue weighted by Gasteiger charge is -2.29. The molecular formula is C20H28N2O3. The summed E-state index contributed by atoms with van der Waals surface area (Å²) in [5, 5.41) is 0. The minimum atomic E-state index is 0.176. The monoisotopic (exact) mass is 344 g/mol. The van der Waals surface area contributed by atoms with E-state index < -0.39 is 0 Å². The van der Waals surface area contributed by atoms with Gasteiger partial charge in [-0.05, 0) is 50.9 Å². The van der Waals surface area contributed by atoms with Gasteiger partial charge in [0, 0.05) is 19.1 Å². The summed E-state index contributed by atoms with van der Waals surface area (Å²) in [4.78, 5) is 16.8. The molecule has 0 N–H and O–H groups in total. The topological polar surface area (TPSA) is 42.0 Å². The molecule has 3 rings (SSSR count). The van der Waals surface area contributed by atoms with Crippen LogP contribution in [0.1, 0.15) is 38.3 Å². The maximum atomic E-state index is 12.7. The Balaban J connectivity index is 1.70. The molecule has 5 nitrogen and oxygen atoms in total. The van der Waals surface area contributed by atoms with Gasteiger partial charge in [0.25, 0.3) is 0 Å². The second-order valence-corrected chi connectivity index (χ2v) is 6.90. The fourth-order valence-electron chi connectivity index (χ4n) is 3.64. The molecular weight excluding hydrogens is 316 g/mol. The van der Waals surface area contributed by atoms with E-state index in [9.17, 15) is 4.79 Å². The molecule has 1 aromatic carbocycles. The number of ether oxygens (including phenoxy) is 2. The Morgan fingerprint density at radius 3 is 2.80 bits per heavy atom. The SMILES string of the molecule is C=C(C)CN(CC)C(=O)CN1CCCC1c1ccc2c(c1)OCCO2. The minimum absolute atomic E-state index is 0.176. The first-order valence-electron chi connectivity index (χ1n) is 9.14. The Hall–Kier alpha value is -2.01. The molecule has 2 heterocycles. The number of rotatable bonds is 6. The lowest BCUT2D eigenvalue weighted by atomic mass is 10.0. The van der Waals surface area contributed by atoms with E-state index in [1.165, 1.54) is 5.56 Å². The minimum Gasteiger partial charge on any atom is -0.486 e. The first-order valence-corrected chi connectivity index (χ1v) is 9.14. The molecule has 0 aliphatic carbocycles. The Kier molecular flexibility index (Phi) is 5.63. The van der Waals surface area contributed by atoms with Gasteiger partial charge in [-0.25, -0.2) is 0 Å². The van der Waals surface area contributed by atoms with Gasteiger partial charge in [-0.2, -0.15) is 0 Å². The number of carbonyl (C=O) groups is 1. The Bertz CT molecular complexity index is 644. The number of carbonyl (C=O) groups excluding carboxylic acids is 1. The van der Waals surface area contributed by atoms with Crippen LogP contribution in [0, 0.1) is 0 Å². The number of amides is 1. The van der Waals surface area contributed by atoms with Crippen molar-refractivity contribution in [1.82, 2.24) is 9.80 Å². The molecule has 0 radical (unpaired) electrons. The van der Waals surface area contributed by atoms with Crippen molar-refractivity contribution in [3.63, 3.8) is 0 Å². The molecule has 2 aliphatic heterocycles. The molecule has 0 spiro atoms. The molecule has 2 aliphatic rings. The molecule has 1 aromatic rings. The quantitative estimate of drug-likeness (QED) is 0.744. The van der Waals surface area contributed by atoms with Crippen molar-refractivity contribution < 1.29 is 14.3 Å². The van der Waals surface area contributed by atoms with E-state index in [-0.39, 0.29) is 11.9 Å². The predicted octanol–water partition coefficient (Wildman–Crippen LogP) is 3.02. The third-order valence-electron chi connectivity index (χ3n) is 4.85. The summed E-state index contributed by atoms with van der Waals surface area (Å²) < 4.78 is 11.3. The van der Waals surface area contributed by atoms with Crippen molar-refractivity contribution >= 4 is 5.91 Å². The van der Waals surface area contributed by atoms with Crippen LogP contribution in [-0.4, -0.2) is 55.1 Å². The van der Waals surface area contributed by atoms with Gasteiger partial charge in [0.2, 0.25) is 5.91 Å². The van der Waals surface area contributed by atoms with Crippen molar-refractivity contribution in [1.29, 1.82) is 0 Å².